The highest BCUT2D eigenvalue weighted by Gasteiger charge is 2.06. The molecule has 0 amide bonds. The second-order valence-electron chi connectivity index (χ2n) is 4.18. The molecule has 2 heteroatoms. The van der Waals surface area contributed by atoms with Crippen molar-refractivity contribution in [2.45, 2.75) is 20.4 Å². The van der Waals surface area contributed by atoms with E-state index in [0.29, 0.717) is 6.54 Å². The molecule has 2 aromatic carbocycles. The summed E-state index contributed by atoms with van der Waals surface area (Å²) in [7, 11) is 1.70. The minimum atomic E-state index is 0.541. The number of benzene rings is 2. The fourth-order valence-electron chi connectivity index (χ4n) is 2.13. The average Bonchev–Trinajstić information content (AvgIpc) is 2.28. The summed E-state index contributed by atoms with van der Waals surface area (Å²) in [4.78, 5) is 0. The molecule has 0 radical (unpaired) electrons. The van der Waals surface area contributed by atoms with Gasteiger partial charge >= 0.3 is 0 Å². The number of ether oxygens (including phenoxy) is 1. The Bertz CT molecular complexity index is 532. The van der Waals surface area contributed by atoms with E-state index < -0.39 is 0 Å². The Balaban J connectivity index is 2.83. The topological polar surface area (TPSA) is 35.2 Å². The molecule has 0 bridgehead atoms. The predicted octanol–water partition coefficient (Wildman–Crippen LogP) is 2.92. The number of methoxy groups -OCH3 is 1. The zero-order valence-electron chi connectivity index (χ0n) is 10.0. The maximum absolute atomic E-state index is 5.69. The molecule has 84 valence electrons. The van der Waals surface area contributed by atoms with Crippen molar-refractivity contribution in [1.29, 1.82) is 0 Å². The van der Waals surface area contributed by atoms with Gasteiger partial charge in [0.15, 0.2) is 0 Å². The van der Waals surface area contributed by atoms with Crippen LogP contribution in [0.15, 0.2) is 24.3 Å². The van der Waals surface area contributed by atoms with Gasteiger partial charge in [-0.25, -0.2) is 0 Å². The fraction of sp³-hybridized carbons (Fsp3) is 0.286. The molecule has 0 aromatic heterocycles. The van der Waals surface area contributed by atoms with Crippen LogP contribution in [0.5, 0.6) is 5.75 Å². The lowest BCUT2D eigenvalue weighted by atomic mass is 9.99. The number of rotatable bonds is 2. The third kappa shape index (κ3) is 1.76. The van der Waals surface area contributed by atoms with Gasteiger partial charge < -0.3 is 10.5 Å². The molecule has 0 unspecified atom stereocenters. The van der Waals surface area contributed by atoms with E-state index in [1.165, 1.54) is 16.5 Å². The van der Waals surface area contributed by atoms with E-state index in [1.807, 2.05) is 6.07 Å². The molecule has 0 fully saturated rings. The molecule has 0 saturated carbocycles. The second kappa shape index (κ2) is 4.14. The fourth-order valence-corrected chi connectivity index (χ4v) is 2.13. The maximum Gasteiger partial charge on any atom is 0.127 e. The van der Waals surface area contributed by atoms with Crippen molar-refractivity contribution < 1.29 is 4.74 Å². The highest BCUT2D eigenvalue weighted by Crippen LogP contribution is 2.30. The summed E-state index contributed by atoms with van der Waals surface area (Å²) < 4.78 is 5.42. The Kier molecular flexibility index (Phi) is 2.84. The van der Waals surface area contributed by atoms with Gasteiger partial charge in [-0.05, 0) is 48.6 Å². The molecule has 0 aliphatic heterocycles. The molecule has 0 saturated heterocycles. The van der Waals surface area contributed by atoms with Gasteiger partial charge in [0.25, 0.3) is 0 Å². The Hall–Kier alpha value is -1.54. The summed E-state index contributed by atoms with van der Waals surface area (Å²) in [6, 6.07) is 8.50. The van der Waals surface area contributed by atoms with Crippen molar-refractivity contribution in [1.82, 2.24) is 0 Å². The molecule has 16 heavy (non-hydrogen) atoms. The summed E-state index contributed by atoms with van der Waals surface area (Å²) in [6.45, 7) is 4.76. The third-order valence-corrected chi connectivity index (χ3v) is 2.90. The lowest BCUT2D eigenvalue weighted by Crippen LogP contribution is -1.98. The maximum atomic E-state index is 5.69. The Morgan fingerprint density at radius 2 is 1.81 bits per heavy atom. The molecule has 0 spiro atoms. The highest BCUT2D eigenvalue weighted by molar-refractivity contribution is 5.92. The van der Waals surface area contributed by atoms with Crippen LogP contribution in [0.4, 0.5) is 0 Å². The molecule has 2 nitrogen and oxygen atoms in total. The second-order valence-corrected chi connectivity index (χ2v) is 4.18. The lowest BCUT2D eigenvalue weighted by molar-refractivity contribution is 0.419. The van der Waals surface area contributed by atoms with Crippen molar-refractivity contribution in [2.24, 2.45) is 5.73 Å². The van der Waals surface area contributed by atoms with Gasteiger partial charge in [0, 0.05) is 11.9 Å². The summed E-state index contributed by atoms with van der Waals surface area (Å²) in [6.07, 6.45) is 0. The first-order chi connectivity index (χ1) is 7.65. The standard InChI is InChI=1S/C14H17NO/c1-9-4-10(2)12-6-11(8-15)7-14(16-3)13(12)5-9/h4-7H,8,15H2,1-3H3. The monoisotopic (exact) mass is 215 g/mol. The first-order valence-corrected chi connectivity index (χ1v) is 5.43. The van der Waals surface area contributed by atoms with Gasteiger partial charge in [-0.2, -0.15) is 0 Å². The summed E-state index contributed by atoms with van der Waals surface area (Å²) in [5, 5.41) is 2.39. The Labute approximate surface area is 96.0 Å². The minimum Gasteiger partial charge on any atom is -0.496 e. The van der Waals surface area contributed by atoms with Crippen molar-refractivity contribution in [3.05, 3.63) is 41.0 Å². The SMILES string of the molecule is COc1cc(CN)cc2c(C)cc(C)cc12. The predicted molar refractivity (Wildman–Crippen MR) is 67.9 cm³/mol. The Morgan fingerprint density at radius 1 is 1.06 bits per heavy atom. The van der Waals surface area contributed by atoms with Crippen molar-refractivity contribution in [2.75, 3.05) is 7.11 Å². The van der Waals surface area contributed by atoms with E-state index in [9.17, 15) is 0 Å². The summed E-state index contributed by atoms with van der Waals surface area (Å²) in [5.41, 5.74) is 9.32. The molecule has 0 aliphatic carbocycles. The smallest absolute Gasteiger partial charge is 0.127 e. The average molecular weight is 215 g/mol. The summed E-state index contributed by atoms with van der Waals surface area (Å²) in [5.74, 6) is 0.907. The third-order valence-electron chi connectivity index (χ3n) is 2.90. The van der Waals surface area contributed by atoms with E-state index in [1.54, 1.807) is 7.11 Å². The van der Waals surface area contributed by atoms with E-state index in [4.69, 9.17) is 10.5 Å². The molecule has 0 atom stereocenters. The van der Waals surface area contributed by atoms with Gasteiger partial charge in [0.1, 0.15) is 5.75 Å². The van der Waals surface area contributed by atoms with E-state index >= 15 is 0 Å². The molecule has 2 aromatic rings. The molecule has 0 aliphatic rings. The van der Waals surface area contributed by atoms with Gasteiger partial charge in [0.05, 0.1) is 7.11 Å². The molecular formula is C14H17NO. The van der Waals surface area contributed by atoms with Crippen LogP contribution in [0.2, 0.25) is 0 Å². The quantitative estimate of drug-likeness (QED) is 0.836. The van der Waals surface area contributed by atoms with Gasteiger partial charge in [-0.3, -0.25) is 0 Å². The number of aryl methyl sites for hydroxylation is 2. The summed E-state index contributed by atoms with van der Waals surface area (Å²) >= 11 is 0. The van der Waals surface area contributed by atoms with E-state index in [0.717, 1.165) is 16.7 Å². The number of nitrogens with two attached hydrogens (primary N) is 1. The number of hydrogen-bond donors (Lipinski definition) is 1. The Morgan fingerprint density at radius 3 is 2.44 bits per heavy atom. The van der Waals surface area contributed by atoms with Crippen LogP contribution in [0, 0.1) is 13.8 Å². The van der Waals surface area contributed by atoms with E-state index in [-0.39, 0.29) is 0 Å². The van der Waals surface area contributed by atoms with Gasteiger partial charge in [0.2, 0.25) is 0 Å². The van der Waals surface area contributed by atoms with Crippen LogP contribution in [0.25, 0.3) is 10.8 Å². The van der Waals surface area contributed by atoms with Crippen molar-refractivity contribution in [3.8, 4) is 5.75 Å². The van der Waals surface area contributed by atoms with Crippen LogP contribution in [-0.2, 0) is 6.54 Å². The largest absolute Gasteiger partial charge is 0.496 e. The molecule has 2 rings (SSSR count). The zero-order chi connectivity index (χ0) is 11.7. The molecule has 0 heterocycles. The van der Waals surface area contributed by atoms with Crippen molar-refractivity contribution in [3.63, 3.8) is 0 Å². The van der Waals surface area contributed by atoms with Crippen LogP contribution in [0.1, 0.15) is 16.7 Å². The van der Waals surface area contributed by atoms with E-state index in [2.05, 4.69) is 32.0 Å². The minimum absolute atomic E-state index is 0.541. The number of fused-ring (bicyclic) bond motifs is 1. The molecule has 2 N–H and O–H groups in total. The first kappa shape index (κ1) is 11.0. The van der Waals surface area contributed by atoms with Crippen LogP contribution in [0.3, 0.4) is 0 Å². The molecular weight excluding hydrogens is 198 g/mol. The van der Waals surface area contributed by atoms with Crippen LogP contribution in [-0.4, -0.2) is 7.11 Å². The van der Waals surface area contributed by atoms with Crippen molar-refractivity contribution >= 4 is 10.8 Å². The zero-order valence-corrected chi connectivity index (χ0v) is 10.0. The van der Waals surface area contributed by atoms with Crippen LogP contribution < -0.4 is 10.5 Å². The first-order valence-electron chi connectivity index (χ1n) is 5.43. The number of hydrogen-bond acceptors (Lipinski definition) is 2. The lowest BCUT2D eigenvalue weighted by Gasteiger charge is -2.11. The van der Waals surface area contributed by atoms with Crippen LogP contribution >= 0.6 is 0 Å². The highest BCUT2D eigenvalue weighted by atomic mass is 16.5. The van der Waals surface area contributed by atoms with Gasteiger partial charge in [-0.15, -0.1) is 0 Å². The van der Waals surface area contributed by atoms with Gasteiger partial charge in [-0.1, -0.05) is 11.6 Å². The normalized spacial score (nSPS) is 10.8.